The van der Waals surface area contributed by atoms with E-state index >= 15 is 0 Å². The Kier molecular flexibility index (Phi) is 6.11. The third-order valence-electron chi connectivity index (χ3n) is 3.11. The number of amides is 1. The molecule has 0 spiro atoms. The fraction of sp³-hybridized carbons (Fsp3) is 0.857. The zero-order valence-electron chi connectivity index (χ0n) is 12.1. The molecule has 0 radical (unpaired) electrons. The van der Waals surface area contributed by atoms with Crippen LogP contribution in [-0.4, -0.2) is 41.3 Å². The van der Waals surface area contributed by atoms with Crippen LogP contribution < -0.4 is 0 Å². The van der Waals surface area contributed by atoms with Gasteiger partial charge in [-0.15, -0.1) is 11.6 Å². The van der Waals surface area contributed by atoms with Gasteiger partial charge in [-0.25, -0.2) is 0 Å². The van der Waals surface area contributed by atoms with Gasteiger partial charge in [-0.1, -0.05) is 6.42 Å². The predicted molar refractivity (Wildman–Crippen MR) is 75.1 cm³/mol. The molecular formula is C14H24ClNO3. The molecule has 1 amide bonds. The van der Waals surface area contributed by atoms with Crippen molar-refractivity contribution >= 4 is 23.5 Å². The summed E-state index contributed by atoms with van der Waals surface area (Å²) in [7, 11) is 0. The Morgan fingerprint density at radius 3 is 2.58 bits per heavy atom. The van der Waals surface area contributed by atoms with Gasteiger partial charge < -0.3 is 9.64 Å². The summed E-state index contributed by atoms with van der Waals surface area (Å²) in [6, 6.07) is 0. The van der Waals surface area contributed by atoms with E-state index in [1.807, 2.05) is 20.8 Å². The molecule has 1 aliphatic heterocycles. The molecule has 0 saturated carbocycles. The molecule has 0 aromatic heterocycles. The van der Waals surface area contributed by atoms with Crippen molar-refractivity contribution < 1.29 is 14.3 Å². The van der Waals surface area contributed by atoms with Crippen molar-refractivity contribution in [2.24, 2.45) is 5.92 Å². The van der Waals surface area contributed by atoms with Gasteiger partial charge in [0.25, 0.3) is 0 Å². The van der Waals surface area contributed by atoms with Gasteiger partial charge in [0.1, 0.15) is 11.5 Å². The minimum absolute atomic E-state index is 0.0131. The molecule has 0 aliphatic carbocycles. The highest BCUT2D eigenvalue weighted by atomic mass is 35.5. The minimum atomic E-state index is -0.451. The first kappa shape index (κ1) is 16.3. The Bertz CT molecular complexity index is 325. The average molecular weight is 290 g/mol. The number of halogens is 1. The van der Waals surface area contributed by atoms with Gasteiger partial charge in [0, 0.05) is 13.1 Å². The Hall–Kier alpha value is -0.770. The van der Waals surface area contributed by atoms with Gasteiger partial charge in [-0.05, 0) is 39.5 Å². The molecule has 0 aromatic carbocycles. The summed E-state index contributed by atoms with van der Waals surface area (Å²) < 4.78 is 5.33. The Balaban J connectivity index is 2.52. The molecule has 1 unspecified atom stereocenters. The van der Waals surface area contributed by atoms with Crippen LogP contribution in [0.25, 0.3) is 0 Å². The summed E-state index contributed by atoms with van der Waals surface area (Å²) >= 11 is 5.60. The fourth-order valence-corrected chi connectivity index (χ4v) is 2.50. The third-order valence-corrected chi connectivity index (χ3v) is 3.34. The van der Waals surface area contributed by atoms with E-state index in [9.17, 15) is 9.59 Å². The van der Waals surface area contributed by atoms with E-state index in [-0.39, 0.29) is 23.7 Å². The van der Waals surface area contributed by atoms with E-state index in [2.05, 4.69) is 0 Å². The lowest BCUT2D eigenvalue weighted by molar-refractivity contribution is -0.156. The maximum atomic E-state index is 11.8. The third kappa shape index (κ3) is 6.28. The first-order chi connectivity index (χ1) is 8.81. The monoisotopic (exact) mass is 289 g/mol. The number of hydrogen-bond donors (Lipinski definition) is 0. The van der Waals surface area contributed by atoms with E-state index in [0.717, 1.165) is 25.8 Å². The van der Waals surface area contributed by atoms with Crippen LogP contribution in [0.2, 0.25) is 0 Å². The van der Waals surface area contributed by atoms with Crippen molar-refractivity contribution in [2.75, 3.05) is 19.0 Å². The predicted octanol–water partition coefficient (Wildman–Crippen LogP) is 2.59. The van der Waals surface area contributed by atoms with Crippen molar-refractivity contribution in [2.45, 2.75) is 52.1 Å². The molecule has 1 aliphatic rings. The maximum Gasteiger partial charge on any atom is 0.306 e. The second-order valence-electron chi connectivity index (χ2n) is 6.13. The van der Waals surface area contributed by atoms with E-state index in [1.165, 1.54) is 0 Å². The minimum Gasteiger partial charge on any atom is -0.460 e. The highest BCUT2D eigenvalue weighted by Gasteiger charge is 2.25. The molecule has 1 atom stereocenters. The molecule has 4 nitrogen and oxygen atoms in total. The second-order valence-corrected chi connectivity index (χ2v) is 6.39. The van der Waals surface area contributed by atoms with Crippen molar-refractivity contribution in [3.8, 4) is 0 Å². The second kappa shape index (κ2) is 7.13. The molecule has 0 N–H and O–H groups in total. The smallest absolute Gasteiger partial charge is 0.306 e. The number of alkyl halides is 1. The van der Waals surface area contributed by atoms with Crippen LogP contribution in [0.5, 0.6) is 0 Å². The number of carbonyl (C=O) groups excluding carboxylic acids is 2. The van der Waals surface area contributed by atoms with E-state index in [1.54, 1.807) is 4.90 Å². The van der Waals surface area contributed by atoms with Gasteiger partial charge in [-0.3, -0.25) is 9.59 Å². The van der Waals surface area contributed by atoms with Crippen LogP contribution in [0.1, 0.15) is 46.5 Å². The first-order valence-electron chi connectivity index (χ1n) is 6.87. The van der Waals surface area contributed by atoms with Gasteiger partial charge >= 0.3 is 5.97 Å². The molecular weight excluding hydrogens is 266 g/mol. The molecule has 0 aromatic rings. The number of carbonyl (C=O) groups is 2. The molecule has 1 rings (SSSR count). The van der Waals surface area contributed by atoms with Crippen LogP contribution in [0.15, 0.2) is 0 Å². The van der Waals surface area contributed by atoms with E-state index < -0.39 is 5.60 Å². The molecule has 110 valence electrons. The van der Waals surface area contributed by atoms with Crippen LogP contribution in [0, 0.1) is 5.92 Å². The van der Waals surface area contributed by atoms with Crippen molar-refractivity contribution in [3.63, 3.8) is 0 Å². The number of hydrogen-bond acceptors (Lipinski definition) is 3. The summed E-state index contributed by atoms with van der Waals surface area (Å²) in [5, 5.41) is 0. The van der Waals surface area contributed by atoms with Gasteiger partial charge in [0.15, 0.2) is 0 Å². The maximum absolute atomic E-state index is 11.8. The van der Waals surface area contributed by atoms with E-state index in [4.69, 9.17) is 16.3 Å². The van der Waals surface area contributed by atoms with Crippen LogP contribution in [0.3, 0.4) is 0 Å². The van der Waals surface area contributed by atoms with Crippen molar-refractivity contribution in [1.82, 2.24) is 4.90 Å². The average Bonchev–Trinajstić information content (AvgIpc) is 2.51. The lowest BCUT2D eigenvalue weighted by atomic mass is 9.99. The van der Waals surface area contributed by atoms with Gasteiger partial charge in [-0.2, -0.15) is 0 Å². The van der Waals surface area contributed by atoms with Crippen molar-refractivity contribution in [3.05, 3.63) is 0 Å². The summed E-state index contributed by atoms with van der Waals surface area (Å²) in [5.41, 5.74) is -0.451. The number of rotatable bonds is 3. The molecule has 0 bridgehead atoms. The summed E-state index contributed by atoms with van der Waals surface area (Å²) in [6.45, 7) is 6.95. The highest BCUT2D eigenvalue weighted by Crippen LogP contribution is 2.21. The zero-order chi connectivity index (χ0) is 14.5. The summed E-state index contributed by atoms with van der Waals surface area (Å²) in [6.07, 6.45) is 3.36. The Labute approximate surface area is 120 Å². The van der Waals surface area contributed by atoms with Gasteiger partial charge in [0.05, 0.1) is 6.42 Å². The normalized spacial score (nSPS) is 20.8. The standard InChI is InChI=1S/C14H24ClNO3/c1-14(2,3)19-13(18)8-11-6-4-5-7-16(10-11)12(17)9-15/h11H,4-10H2,1-3H3. The zero-order valence-corrected chi connectivity index (χ0v) is 12.8. The van der Waals surface area contributed by atoms with Crippen LogP contribution in [-0.2, 0) is 14.3 Å². The number of esters is 1. The lowest BCUT2D eigenvalue weighted by Gasteiger charge is -2.25. The number of ether oxygens (including phenoxy) is 1. The SMILES string of the molecule is CC(C)(C)OC(=O)CC1CCCCN(C(=O)CCl)C1. The van der Waals surface area contributed by atoms with Crippen LogP contribution in [0.4, 0.5) is 0 Å². The molecule has 5 heteroatoms. The van der Waals surface area contributed by atoms with Gasteiger partial charge in [0.2, 0.25) is 5.91 Å². The fourth-order valence-electron chi connectivity index (χ4n) is 2.33. The largest absolute Gasteiger partial charge is 0.460 e. The number of nitrogens with zero attached hydrogens (tertiary/aromatic N) is 1. The molecule has 1 heterocycles. The Morgan fingerprint density at radius 2 is 2.00 bits per heavy atom. The molecule has 1 fully saturated rings. The molecule has 19 heavy (non-hydrogen) atoms. The first-order valence-corrected chi connectivity index (χ1v) is 7.41. The number of likely N-dealkylation sites (tertiary alicyclic amines) is 1. The summed E-state index contributed by atoms with van der Waals surface area (Å²) in [4.78, 5) is 25.3. The Morgan fingerprint density at radius 1 is 1.32 bits per heavy atom. The quantitative estimate of drug-likeness (QED) is 0.593. The highest BCUT2D eigenvalue weighted by molar-refractivity contribution is 6.27. The lowest BCUT2D eigenvalue weighted by Crippen LogP contribution is -2.36. The van der Waals surface area contributed by atoms with Crippen LogP contribution >= 0.6 is 11.6 Å². The summed E-state index contributed by atoms with van der Waals surface area (Å²) in [5.74, 6) is -0.0287. The van der Waals surface area contributed by atoms with Crippen molar-refractivity contribution in [1.29, 1.82) is 0 Å². The topological polar surface area (TPSA) is 46.6 Å². The molecule has 1 saturated heterocycles. The van der Waals surface area contributed by atoms with E-state index in [0.29, 0.717) is 13.0 Å².